The van der Waals surface area contributed by atoms with E-state index in [1.807, 2.05) is 13.8 Å². The fraction of sp³-hybridized carbons (Fsp3) is 0.533. The molecule has 2 aromatic rings. The number of ether oxygens (including phenoxy) is 1. The molecule has 1 aromatic heterocycles. The summed E-state index contributed by atoms with van der Waals surface area (Å²) in [5.74, 6) is 1.46. The first-order chi connectivity index (χ1) is 9.99. The molecule has 2 N–H and O–H groups in total. The molecule has 0 bridgehead atoms. The molecule has 21 heavy (non-hydrogen) atoms. The minimum Gasteiger partial charge on any atom is -0.485 e. The number of nitrogens with zero attached hydrogens (tertiary/aromatic N) is 4. The van der Waals surface area contributed by atoms with Crippen LogP contribution < -0.4 is 10.5 Å². The molecular formula is C15H23N5O. The van der Waals surface area contributed by atoms with Crippen molar-refractivity contribution in [3.63, 3.8) is 0 Å². The number of benzene rings is 1. The Hall–Kier alpha value is -1.95. The van der Waals surface area contributed by atoms with Crippen LogP contribution in [0, 0.1) is 13.8 Å². The van der Waals surface area contributed by atoms with Gasteiger partial charge in [-0.1, -0.05) is 19.1 Å². The fourth-order valence-corrected chi connectivity index (χ4v) is 2.35. The molecule has 2 rings (SSSR count). The minimum absolute atomic E-state index is 0.208. The molecule has 0 amide bonds. The van der Waals surface area contributed by atoms with Gasteiger partial charge in [0.15, 0.2) is 6.61 Å². The maximum absolute atomic E-state index is 6.02. The van der Waals surface area contributed by atoms with Crippen molar-refractivity contribution in [3.05, 3.63) is 34.6 Å². The lowest BCUT2D eigenvalue weighted by Gasteiger charge is -2.15. The van der Waals surface area contributed by atoms with E-state index in [9.17, 15) is 0 Å². The Morgan fingerprint density at radius 2 is 1.95 bits per heavy atom. The van der Waals surface area contributed by atoms with Gasteiger partial charge in [0.2, 0.25) is 5.82 Å². The second-order valence-electron chi connectivity index (χ2n) is 5.41. The van der Waals surface area contributed by atoms with E-state index >= 15 is 0 Å². The average molecular weight is 289 g/mol. The van der Waals surface area contributed by atoms with Gasteiger partial charge in [-0.3, -0.25) is 0 Å². The zero-order chi connectivity index (χ0) is 15.4. The Kier molecular flexibility index (Phi) is 4.90. The van der Waals surface area contributed by atoms with Crippen molar-refractivity contribution in [1.29, 1.82) is 0 Å². The lowest BCUT2D eigenvalue weighted by molar-refractivity contribution is 0.291. The molecule has 0 saturated carbocycles. The molecule has 0 radical (unpaired) electrons. The van der Waals surface area contributed by atoms with Gasteiger partial charge in [-0.25, -0.2) is 0 Å². The molecule has 0 fully saturated rings. The number of aryl methyl sites for hydroxylation is 3. The maximum atomic E-state index is 6.02. The predicted octanol–water partition coefficient (Wildman–Crippen LogP) is 1.69. The maximum Gasteiger partial charge on any atom is 0.212 e. The second kappa shape index (κ2) is 6.67. The predicted molar refractivity (Wildman–Crippen MR) is 81.0 cm³/mol. The molecule has 6 heteroatoms. The third kappa shape index (κ3) is 4.01. The first-order valence-electron chi connectivity index (χ1n) is 7.21. The Morgan fingerprint density at radius 1 is 1.29 bits per heavy atom. The molecule has 0 aliphatic heterocycles. The molecule has 1 atom stereocenters. The molecule has 0 aliphatic rings. The van der Waals surface area contributed by atoms with Crippen molar-refractivity contribution >= 4 is 0 Å². The Balaban J connectivity index is 2.09. The van der Waals surface area contributed by atoms with Crippen molar-refractivity contribution in [1.82, 2.24) is 20.2 Å². The van der Waals surface area contributed by atoms with Crippen LogP contribution in [-0.4, -0.2) is 26.2 Å². The van der Waals surface area contributed by atoms with Crippen LogP contribution in [0.15, 0.2) is 12.1 Å². The highest BCUT2D eigenvalue weighted by molar-refractivity contribution is 5.43. The lowest BCUT2D eigenvalue weighted by atomic mass is 9.99. The van der Waals surface area contributed by atoms with Crippen molar-refractivity contribution in [2.24, 2.45) is 12.8 Å². The van der Waals surface area contributed by atoms with E-state index in [1.54, 1.807) is 7.05 Å². The zero-order valence-corrected chi connectivity index (χ0v) is 13.1. The Labute approximate surface area is 125 Å². The van der Waals surface area contributed by atoms with Gasteiger partial charge in [0, 0.05) is 6.04 Å². The largest absolute Gasteiger partial charge is 0.485 e. The van der Waals surface area contributed by atoms with Crippen LogP contribution in [0.3, 0.4) is 0 Å². The zero-order valence-electron chi connectivity index (χ0n) is 13.1. The van der Waals surface area contributed by atoms with Crippen LogP contribution in [0.4, 0.5) is 0 Å². The van der Waals surface area contributed by atoms with Gasteiger partial charge in [-0.2, -0.15) is 4.80 Å². The molecule has 1 heterocycles. The third-order valence-corrected chi connectivity index (χ3v) is 3.44. The molecule has 114 valence electrons. The van der Waals surface area contributed by atoms with Crippen LogP contribution in [0.25, 0.3) is 0 Å². The van der Waals surface area contributed by atoms with E-state index in [2.05, 4.69) is 34.5 Å². The molecule has 0 saturated heterocycles. The van der Waals surface area contributed by atoms with E-state index in [4.69, 9.17) is 10.5 Å². The standard InChI is InChI=1S/C15H23N5O/c1-5-13(16)8-12-6-10(2)15(11(3)7-12)21-9-14-17-19-20(4)18-14/h6-7,13H,5,8-9,16H2,1-4H3. The summed E-state index contributed by atoms with van der Waals surface area (Å²) in [5.41, 5.74) is 9.49. The molecule has 1 aromatic carbocycles. The van der Waals surface area contributed by atoms with Crippen LogP contribution in [0.5, 0.6) is 5.75 Å². The summed E-state index contributed by atoms with van der Waals surface area (Å²) in [6.07, 6.45) is 1.87. The van der Waals surface area contributed by atoms with E-state index in [0.717, 1.165) is 29.7 Å². The van der Waals surface area contributed by atoms with E-state index in [1.165, 1.54) is 10.4 Å². The van der Waals surface area contributed by atoms with E-state index < -0.39 is 0 Å². The minimum atomic E-state index is 0.208. The number of rotatable bonds is 6. The molecule has 1 unspecified atom stereocenters. The third-order valence-electron chi connectivity index (χ3n) is 3.44. The normalized spacial score (nSPS) is 12.4. The van der Waals surface area contributed by atoms with Crippen LogP contribution in [0.1, 0.15) is 35.9 Å². The van der Waals surface area contributed by atoms with Crippen LogP contribution in [-0.2, 0) is 20.1 Å². The monoisotopic (exact) mass is 289 g/mol. The van der Waals surface area contributed by atoms with Crippen molar-refractivity contribution in [3.8, 4) is 5.75 Å². The lowest BCUT2D eigenvalue weighted by Crippen LogP contribution is -2.21. The van der Waals surface area contributed by atoms with E-state index in [-0.39, 0.29) is 6.04 Å². The first-order valence-corrected chi connectivity index (χ1v) is 7.21. The highest BCUT2D eigenvalue weighted by Gasteiger charge is 2.10. The summed E-state index contributed by atoms with van der Waals surface area (Å²) < 4.78 is 5.84. The van der Waals surface area contributed by atoms with Gasteiger partial charge >= 0.3 is 0 Å². The molecule has 0 aliphatic carbocycles. The number of nitrogens with two attached hydrogens (primary N) is 1. The number of tetrazole rings is 1. The second-order valence-corrected chi connectivity index (χ2v) is 5.41. The molecular weight excluding hydrogens is 266 g/mol. The van der Waals surface area contributed by atoms with Gasteiger partial charge in [0.1, 0.15) is 5.75 Å². The summed E-state index contributed by atoms with van der Waals surface area (Å²) in [4.78, 5) is 1.42. The number of hydrogen-bond donors (Lipinski definition) is 1. The van der Waals surface area contributed by atoms with E-state index in [0.29, 0.717) is 12.4 Å². The van der Waals surface area contributed by atoms with Gasteiger partial charge < -0.3 is 10.5 Å². The van der Waals surface area contributed by atoms with Gasteiger partial charge in [0.25, 0.3) is 0 Å². The highest BCUT2D eigenvalue weighted by atomic mass is 16.5. The van der Waals surface area contributed by atoms with Gasteiger partial charge in [-0.15, -0.1) is 10.2 Å². The summed E-state index contributed by atoms with van der Waals surface area (Å²) >= 11 is 0. The van der Waals surface area contributed by atoms with Crippen molar-refractivity contribution in [2.45, 2.75) is 46.3 Å². The SMILES string of the molecule is CCC(N)Cc1cc(C)c(OCc2nnn(C)n2)c(C)c1. The first kappa shape index (κ1) is 15.4. The van der Waals surface area contributed by atoms with Crippen LogP contribution >= 0.6 is 0 Å². The Bertz CT molecular complexity index is 585. The van der Waals surface area contributed by atoms with Crippen molar-refractivity contribution in [2.75, 3.05) is 0 Å². The smallest absolute Gasteiger partial charge is 0.212 e. The summed E-state index contributed by atoms with van der Waals surface area (Å²) in [6, 6.07) is 4.49. The quantitative estimate of drug-likeness (QED) is 0.875. The van der Waals surface area contributed by atoms with Crippen molar-refractivity contribution < 1.29 is 4.74 Å². The van der Waals surface area contributed by atoms with Gasteiger partial charge in [0.05, 0.1) is 7.05 Å². The number of aromatic nitrogens is 4. The highest BCUT2D eigenvalue weighted by Crippen LogP contribution is 2.26. The number of hydrogen-bond acceptors (Lipinski definition) is 5. The topological polar surface area (TPSA) is 78.9 Å². The summed E-state index contributed by atoms with van der Waals surface area (Å²) in [7, 11) is 1.73. The van der Waals surface area contributed by atoms with Gasteiger partial charge in [-0.05, 0) is 48.6 Å². The molecule has 0 spiro atoms. The fourth-order valence-electron chi connectivity index (χ4n) is 2.35. The summed E-state index contributed by atoms with van der Waals surface area (Å²) in [5, 5.41) is 11.8. The Morgan fingerprint density at radius 3 is 2.48 bits per heavy atom. The summed E-state index contributed by atoms with van der Waals surface area (Å²) in [6.45, 7) is 6.53. The molecule has 6 nitrogen and oxygen atoms in total. The average Bonchev–Trinajstić information content (AvgIpc) is 2.83. The van der Waals surface area contributed by atoms with Crippen LogP contribution in [0.2, 0.25) is 0 Å².